The molecule has 9 nitrogen and oxygen atoms in total. The summed E-state index contributed by atoms with van der Waals surface area (Å²) in [5.74, 6) is -2.40. The predicted molar refractivity (Wildman–Crippen MR) is 133 cm³/mol. The van der Waals surface area contributed by atoms with Crippen molar-refractivity contribution in [1.82, 2.24) is 15.1 Å². The average Bonchev–Trinajstić information content (AvgIpc) is 3.24. The molecule has 1 unspecified atom stereocenters. The monoisotopic (exact) mass is 502 g/mol. The third-order valence-electron chi connectivity index (χ3n) is 7.24. The molecule has 37 heavy (non-hydrogen) atoms. The number of ether oxygens (including phenoxy) is 1. The van der Waals surface area contributed by atoms with Crippen LogP contribution in [0.25, 0.3) is 0 Å². The van der Waals surface area contributed by atoms with Crippen LogP contribution >= 0.6 is 0 Å². The van der Waals surface area contributed by atoms with Crippen molar-refractivity contribution in [2.75, 3.05) is 31.6 Å². The van der Waals surface area contributed by atoms with Gasteiger partial charge in [-0.3, -0.25) is 24.6 Å². The van der Waals surface area contributed by atoms with E-state index in [-0.39, 0.29) is 25.9 Å². The van der Waals surface area contributed by atoms with Crippen LogP contribution in [0.4, 0.5) is 10.1 Å². The zero-order valence-corrected chi connectivity index (χ0v) is 20.1. The molecule has 2 saturated heterocycles. The number of imide groups is 1. The van der Waals surface area contributed by atoms with Gasteiger partial charge in [0.2, 0.25) is 11.6 Å². The molecule has 0 bridgehead atoms. The average molecular weight is 502 g/mol. The third kappa shape index (κ3) is 4.54. The second-order valence-electron chi connectivity index (χ2n) is 9.50. The summed E-state index contributed by atoms with van der Waals surface area (Å²) in [6.45, 7) is 2.14. The Hall–Kier alpha value is -3.21. The zero-order valence-electron chi connectivity index (χ0n) is 20.1. The number of benzene rings is 2. The van der Waals surface area contributed by atoms with E-state index in [1.54, 1.807) is 30.3 Å². The van der Waals surface area contributed by atoms with Crippen LogP contribution in [0.15, 0.2) is 36.4 Å². The molecule has 3 heterocycles. The molecule has 12 heteroatoms. The lowest BCUT2D eigenvalue weighted by Gasteiger charge is -2.42. The number of nitrogens with one attached hydrogen (secondary N) is 2. The minimum atomic E-state index is -2.13. The van der Waals surface area contributed by atoms with Crippen molar-refractivity contribution in [3.8, 4) is 0 Å². The van der Waals surface area contributed by atoms with E-state index in [0.717, 1.165) is 4.90 Å². The van der Waals surface area contributed by atoms with Gasteiger partial charge in [0.25, 0.3) is 11.8 Å². The van der Waals surface area contributed by atoms with Crippen LogP contribution in [-0.4, -0.2) is 80.3 Å². The van der Waals surface area contributed by atoms with Crippen LogP contribution in [0.1, 0.15) is 39.9 Å². The number of piperidine rings is 1. The van der Waals surface area contributed by atoms with Crippen molar-refractivity contribution in [2.45, 2.75) is 37.0 Å². The lowest BCUT2D eigenvalue weighted by Crippen LogP contribution is -2.63. The highest BCUT2D eigenvalue weighted by Gasteiger charge is 2.51. The maximum atomic E-state index is 14.7. The SMILES string of the molecule is [B]C([B])(c1ccc(F)c(CNc2cccc3c2CN(C2(O)CCC(=O)NC2=O)C3=O)c1)N1CCOCC1. The molecule has 0 spiro atoms. The first-order chi connectivity index (χ1) is 17.6. The number of morpholine rings is 1. The molecule has 2 aromatic carbocycles. The van der Waals surface area contributed by atoms with E-state index >= 15 is 0 Å². The van der Waals surface area contributed by atoms with Crippen molar-refractivity contribution < 1.29 is 28.6 Å². The van der Waals surface area contributed by atoms with Crippen LogP contribution in [0.2, 0.25) is 0 Å². The summed E-state index contributed by atoms with van der Waals surface area (Å²) < 4.78 is 20.1. The van der Waals surface area contributed by atoms with E-state index in [4.69, 9.17) is 20.4 Å². The van der Waals surface area contributed by atoms with E-state index < -0.39 is 34.6 Å². The number of hydrogen-bond donors (Lipinski definition) is 3. The van der Waals surface area contributed by atoms with Gasteiger partial charge >= 0.3 is 0 Å². The summed E-state index contributed by atoms with van der Waals surface area (Å²) in [7, 11) is 12.9. The Morgan fingerprint density at radius 1 is 1.16 bits per heavy atom. The Balaban J connectivity index is 1.36. The molecule has 4 radical (unpaired) electrons. The highest BCUT2D eigenvalue weighted by molar-refractivity contribution is 6.39. The summed E-state index contributed by atoms with van der Waals surface area (Å²) in [5.41, 5.74) is 0.164. The van der Waals surface area contributed by atoms with E-state index in [1.807, 2.05) is 4.90 Å². The molecular weight excluding hydrogens is 477 g/mol. The fourth-order valence-corrected chi connectivity index (χ4v) is 5.01. The quantitative estimate of drug-likeness (QED) is 0.385. The molecule has 0 saturated carbocycles. The standard InChI is InChI=1S/C25H25B2FN4O5/c26-25(27,31-8-10-37-11-9-31)16-4-5-19(28)15(12-16)13-29-20-3-1-2-17-18(20)14-32(22(17)34)24(36)7-6-21(33)30-23(24)35/h1-5,12,29,36H,6-11,13-14H2,(H,30,33,35). The molecular formula is C25H25B2FN4O5. The summed E-state index contributed by atoms with van der Waals surface area (Å²) in [6.07, 6.45) is -0.279. The largest absolute Gasteiger partial charge is 0.381 e. The second kappa shape index (κ2) is 9.59. The minimum absolute atomic E-state index is 0.0519. The number of anilines is 1. The fourth-order valence-electron chi connectivity index (χ4n) is 5.01. The summed E-state index contributed by atoms with van der Waals surface area (Å²) in [6, 6.07) is 9.48. The Morgan fingerprint density at radius 2 is 1.92 bits per heavy atom. The van der Waals surface area contributed by atoms with Crippen molar-refractivity contribution in [2.24, 2.45) is 0 Å². The van der Waals surface area contributed by atoms with Crippen LogP contribution in [0.5, 0.6) is 0 Å². The first-order valence-electron chi connectivity index (χ1n) is 12.0. The summed E-state index contributed by atoms with van der Waals surface area (Å²) in [5, 5.41) is 14.9. The molecule has 3 N–H and O–H groups in total. The number of carbonyl (C=O) groups excluding carboxylic acids is 3. The van der Waals surface area contributed by atoms with Crippen molar-refractivity contribution in [1.29, 1.82) is 0 Å². The summed E-state index contributed by atoms with van der Waals surface area (Å²) in [4.78, 5) is 40.0. The highest BCUT2D eigenvalue weighted by Crippen LogP contribution is 2.36. The first-order valence-corrected chi connectivity index (χ1v) is 12.0. The Morgan fingerprint density at radius 3 is 2.65 bits per heavy atom. The lowest BCUT2D eigenvalue weighted by molar-refractivity contribution is -0.167. The van der Waals surface area contributed by atoms with Crippen molar-refractivity contribution in [3.63, 3.8) is 0 Å². The Kier molecular flexibility index (Phi) is 6.59. The molecule has 3 amide bonds. The lowest BCUT2D eigenvalue weighted by atomic mass is 9.56. The van der Waals surface area contributed by atoms with Gasteiger partial charge in [0, 0.05) is 54.9 Å². The number of amides is 3. The number of fused-ring (bicyclic) bond motifs is 1. The highest BCUT2D eigenvalue weighted by atomic mass is 19.1. The van der Waals surface area contributed by atoms with Crippen LogP contribution in [0.3, 0.4) is 0 Å². The number of carbonyl (C=O) groups is 3. The number of aliphatic hydroxyl groups is 1. The molecule has 188 valence electrons. The van der Waals surface area contributed by atoms with Gasteiger partial charge in [-0.25, -0.2) is 4.39 Å². The molecule has 2 fully saturated rings. The smallest absolute Gasteiger partial charge is 0.279 e. The number of rotatable bonds is 6. The van der Waals surface area contributed by atoms with Crippen LogP contribution < -0.4 is 10.6 Å². The zero-order chi connectivity index (χ0) is 26.4. The Labute approximate surface area is 216 Å². The normalized spacial score (nSPS) is 22.6. The van der Waals surface area contributed by atoms with Gasteiger partial charge in [0.05, 0.1) is 35.5 Å². The van der Waals surface area contributed by atoms with Gasteiger partial charge in [-0.2, -0.15) is 0 Å². The van der Waals surface area contributed by atoms with E-state index in [1.165, 1.54) is 6.07 Å². The van der Waals surface area contributed by atoms with Crippen molar-refractivity contribution in [3.05, 3.63) is 64.5 Å². The topological polar surface area (TPSA) is 111 Å². The van der Waals surface area contributed by atoms with E-state index in [0.29, 0.717) is 54.2 Å². The molecule has 0 aromatic heterocycles. The van der Waals surface area contributed by atoms with Gasteiger partial charge < -0.3 is 20.1 Å². The van der Waals surface area contributed by atoms with Gasteiger partial charge in [-0.05, 0) is 29.1 Å². The number of halogens is 1. The van der Waals surface area contributed by atoms with Crippen LogP contribution in [0, 0.1) is 5.82 Å². The van der Waals surface area contributed by atoms with Gasteiger partial charge in [0.15, 0.2) is 0 Å². The maximum Gasteiger partial charge on any atom is 0.279 e. The van der Waals surface area contributed by atoms with Gasteiger partial charge in [0.1, 0.15) is 5.82 Å². The molecule has 1 atom stereocenters. The van der Waals surface area contributed by atoms with Gasteiger partial charge in [-0.15, -0.1) is 0 Å². The Bertz CT molecular complexity index is 1270. The minimum Gasteiger partial charge on any atom is -0.381 e. The predicted octanol–water partition coefficient (Wildman–Crippen LogP) is 0.298. The van der Waals surface area contributed by atoms with Gasteiger partial charge in [-0.1, -0.05) is 18.2 Å². The van der Waals surface area contributed by atoms with Crippen LogP contribution in [-0.2, 0) is 32.8 Å². The van der Waals surface area contributed by atoms with E-state index in [9.17, 15) is 23.9 Å². The molecule has 3 aliphatic rings. The maximum absolute atomic E-state index is 14.7. The van der Waals surface area contributed by atoms with E-state index in [2.05, 4.69) is 10.6 Å². The fraction of sp³-hybridized carbons (Fsp3) is 0.400. The molecule has 0 aliphatic carbocycles. The third-order valence-corrected chi connectivity index (χ3v) is 7.24. The number of nitrogens with zero attached hydrogens (tertiary/aromatic N) is 2. The number of hydrogen-bond acceptors (Lipinski definition) is 7. The molecule has 2 aromatic rings. The first kappa shape index (κ1) is 25.4. The second-order valence-corrected chi connectivity index (χ2v) is 9.50. The van der Waals surface area contributed by atoms with Crippen molar-refractivity contribution >= 4 is 39.1 Å². The summed E-state index contributed by atoms with van der Waals surface area (Å²) >= 11 is 0. The molecule has 5 rings (SSSR count). The molecule has 3 aliphatic heterocycles.